The summed E-state index contributed by atoms with van der Waals surface area (Å²) in [5.41, 5.74) is 5.92. The van der Waals surface area contributed by atoms with E-state index in [0.29, 0.717) is 40.9 Å². The molecule has 0 radical (unpaired) electrons. The summed E-state index contributed by atoms with van der Waals surface area (Å²) in [4.78, 5) is 14.2. The van der Waals surface area contributed by atoms with Crippen molar-refractivity contribution in [1.82, 2.24) is 19.5 Å². The van der Waals surface area contributed by atoms with Gasteiger partial charge in [-0.15, -0.1) is 0 Å². The van der Waals surface area contributed by atoms with Crippen LogP contribution >= 0.6 is 11.6 Å². The van der Waals surface area contributed by atoms with Crippen LogP contribution in [0.25, 0.3) is 16.9 Å². The Bertz CT molecular complexity index is 1490. The van der Waals surface area contributed by atoms with Gasteiger partial charge in [-0.2, -0.15) is 5.26 Å². The highest BCUT2D eigenvalue weighted by Crippen LogP contribution is 2.41. The summed E-state index contributed by atoms with van der Waals surface area (Å²) >= 11 is 6.42. The molecular weight excluding hydrogens is 434 g/mol. The zero-order valence-corrected chi connectivity index (χ0v) is 18.8. The highest BCUT2D eigenvalue weighted by Gasteiger charge is 2.31. The van der Waals surface area contributed by atoms with Gasteiger partial charge in [0, 0.05) is 24.7 Å². The third-order valence-electron chi connectivity index (χ3n) is 6.21. The molecule has 0 amide bonds. The van der Waals surface area contributed by atoms with Gasteiger partial charge in [0.05, 0.1) is 23.2 Å². The van der Waals surface area contributed by atoms with Crippen LogP contribution in [0.3, 0.4) is 0 Å². The molecule has 6 nitrogen and oxygen atoms in total. The lowest BCUT2D eigenvalue weighted by Gasteiger charge is -2.13. The van der Waals surface area contributed by atoms with Crippen molar-refractivity contribution in [2.75, 3.05) is 0 Å². The Hall–Kier alpha value is -3.69. The summed E-state index contributed by atoms with van der Waals surface area (Å²) in [6.45, 7) is 2.37. The van der Waals surface area contributed by atoms with E-state index >= 15 is 0 Å². The Labute approximate surface area is 196 Å². The van der Waals surface area contributed by atoms with Crippen LogP contribution in [0.4, 0.5) is 0 Å². The molecule has 1 aromatic carbocycles. The van der Waals surface area contributed by atoms with E-state index in [1.165, 1.54) is 0 Å². The Morgan fingerprint density at radius 3 is 2.88 bits per heavy atom. The van der Waals surface area contributed by atoms with Crippen LogP contribution in [-0.2, 0) is 13.0 Å². The van der Waals surface area contributed by atoms with Crippen molar-refractivity contribution in [2.45, 2.75) is 38.6 Å². The van der Waals surface area contributed by atoms with E-state index in [0.717, 1.165) is 52.3 Å². The Kier molecular flexibility index (Phi) is 4.67. The number of benzene rings is 1. The first-order valence-electron chi connectivity index (χ1n) is 11.0. The third-order valence-corrected chi connectivity index (χ3v) is 6.51. The first kappa shape index (κ1) is 20.0. The molecular formula is C26H20ClN5O. The Balaban J connectivity index is 1.47. The predicted octanol–water partition coefficient (Wildman–Crippen LogP) is 5.64. The van der Waals surface area contributed by atoms with E-state index < -0.39 is 0 Å². The van der Waals surface area contributed by atoms with Crippen LogP contribution in [-0.4, -0.2) is 19.5 Å². The second kappa shape index (κ2) is 7.72. The molecule has 0 spiro atoms. The highest BCUT2D eigenvalue weighted by molar-refractivity contribution is 6.34. The number of fused-ring (bicyclic) bond motifs is 3. The van der Waals surface area contributed by atoms with Gasteiger partial charge in [-0.25, -0.2) is 9.97 Å². The number of halogens is 1. The van der Waals surface area contributed by atoms with Gasteiger partial charge in [-0.1, -0.05) is 29.8 Å². The van der Waals surface area contributed by atoms with Crippen molar-refractivity contribution >= 4 is 28.5 Å². The van der Waals surface area contributed by atoms with Crippen molar-refractivity contribution in [3.05, 3.63) is 87.6 Å². The summed E-state index contributed by atoms with van der Waals surface area (Å²) in [5, 5.41) is 10.2. The second-order valence-corrected chi connectivity index (χ2v) is 9.01. The van der Waals surface area contributed by atoms with Crippen LogP contribution in [0.5, 0.6) is 5.75 Å². The number of hydrogen-bond acceptors (Lipinski definition) is 5. The Morgan fingerprint density at radius 2 is 2.06 bits per heavy atom. The van der Waals surface area contributed by atoms with Crippen molar-refractivity contribution in [2.24, 2.45) is 0 Å². The van der Waals surface area contributed by atoms with Crippen LogP contribution in [0.1, 0.15) is 53.9 Å². The topological polar surface area (TPSA) is 76.6 Å². The summed E-state index contributed by atoms with van der Waals surface area (Å²) in [6, 6.07) is 14.1. The Morgan fingerprint density at radius 1 is 1.21 bits per heavy atom. The molecule has 0 N–H and O–H groups in total. The number of imidazole rings is 1. The molecule has 33 heavy (non-hydrogen) atoms. The molecule has 162 valence electrons. The maximum atomic E-state index is 9.55. The number of hydrogen-bond donors (Lipinski definition) is 0. The number of aromatic nitrogens is 4. The van der Waals surface area contributed by atoms with Gasteiger partial charge in [0.25, 0.3) is 0 Å². The first-order chi connectivity index (χ1) is 16.1. The van der Waals surface area contributed by atoms with Gasteiger partial charge >= 0.3 is 0 Å². The zero-order chi connectivity index (χ0) is 22.5. The summed E-state index contributed by atoms with van der Waals surface area (Å²) in [5.74, 6) is 2.77. The van der Waals surface area contributed by atoms with Gasteiger partial charge in [-0.05, 0) is 54.7 Å². The molecule has 6 rings (SSSR count). The molecule has 1 aliphatic carbocycles. The van der Waals surface area contributed by atoms with Crippen molar-refractivity contribution < 1.29 is 4.74 Å². The van der Waals surface area contributed by atoms with Crippen LogP contribution < -0.4 is 4.74 Å². The summed E-state index contributed by atoms with van der Waals surface area (Å²) in [6.07, 6.45) is 6.54. The minimum Gasteiger partial charge on any atom is -0.454 e. The SMILES string of the molecule is CC(C#N)=C1Oc2ccccc2Cc2cc(Cn3c(C4CC4)nc4c(Cl)ccnc43)cnc21. The average molecular weight is 454 g/mol. The lowest BCUT2D eigenvalue weighted by Crippen LogP contribution is -2.08. The van der Waals surface area contributed by atoms with Gasteiger partial charge < -0.3 is 9.30 Å². The number of nitriles is 1. The zero-order valence-electron chi connectivity index (χ0n) is 18.0. The normalized spacial score (nSPS) is 16.4. The standard InChI is InChI=1S/C26H20ClN5O/c1-15(12-28)24-22-19(11-18-4-2-3-5-21(18)33-24)10-16(13-30-22)14-32-25(17-6-7-17)31-23-20(27)8-9-29-26(23)32/h2-5,8-10,13,17H,6-7,11,14H2,1H3. The summed E-state index contributed by atoms with van der Waals surface area (Å²) in [7, 11) is 0. The first-order valence-corrected chi connectivity index (χ1v) is 11.4. The van der Waals surface area contributed by atoms with Gasteiger partial charge in [-0.3, -0.25) is 4.98 Å². The van der Waals surface area contributed by atoms with Crippen molar-refractivity contribution in [3.63, 3.8) is 0 Å². The van der Waals surface area contributed by atoms with Crippen LogP contribution in [0, 0.1) is 11.3 Å². The van der Waals surface area contributed by atoms with Crippen LogP contribution in [0.15, 0.2) is 54.4 Å². The molecule has 4 aromatic rings. The molecule has 0 saturated heterocycles. The minimum atomic E-state index is 0.456. The minimum absolute atomic E-state index is 0.456. The molecule has 1 aliphatic heterocycles. The van der Waals surface area contributed by atoms with E-state index in [1.54, 1.807) is 19.2 Å². The predicted molar refractivity (Wildman–Crippen MR) is 126 cm³/mol. The quantitative estimate of drug-likeness (QED) is 0.375. The number of pyridine rings is 2. The fourth-order valence-electron chi connectivity index (χ4n) is 4.40. The van der Waals surface area contributed by atoms with Gasteiger partial charge in [0.2, 0.25) is 0 Å². The number of nitrogens with zero attached hydrogens (tertiary/aromatic N) is 5. The fraction of sp³-hybridized carbons (Fsp3) is 0.231. The van der Waals surface area contributed by atoms with Crippen LogP contribution in [0.2, 0.25) is 5.02 Å². The maximum Gasteiger partial charge on any atom is 0.166 e. The van der Waals surface area contributed by atoms with E-state index in [9.17, 15) is 5.26 Å². The summed E-state index contributed by atoms with van der Waals surface area (Å²) < 4.78 is 8.33. The van der Waals surface area contributed by atoms with Gasteiger partial charge in [0.1, 0.15) is 22.8 Å². The molecule has 3 aromatic heterocycles. The third kappa shape index (κ3) is 3.46. The monoisotopic (exact) mass is 453 g/mol. The van der Waals surface area contributed by atoms with E-state index in [-0.39, 0.29) is 0 Å². The number of para-hydroxylation sites is 1. The lowest BCUT2D eigenvalue weighted by atomic mass is 10.0. The number of allylic oxidation sites excluding steroid dienone is 1. The molecule has 0 bridgehead atoms. The molecule has 1 saturated carbocycles. The molecule has 7 heteroatoms. The molecule has 0 atom stereocenters. The van der Waals surface area contributed by atoms with Gasteiger partial charge in [0.15, 0.2) is 11.4 Å². The number of ether oxygens (including phenoxy) is 1. The lowest BCUT2D eigenvalue weighted by molar-refractivity contribution is 0.508. The maximum absolute atomic E-state index is 9.55. The molecule has 4 heterocycles. The van der Waals surface area contributed by atoms with E-state index in [2.05, 4.69) is 27.8 Å². The average Bonchev–Trinajstić information content (AvgIpc) is 3.63. The highest BCUT2D eigenvalue weighted by atomic mass is 35.5. The van der Waals surface area contributed by atoms with E-state index in [1.807, 2.05) is 24.4 Å². The largest absolute Gasteiger partial charge is 0.454 e. The van der Waals surface area contributed by atoms with Crippen molar-refractivity contribution in [3.8, 4) is 11.8 Å². The smallest absolute Gasteiger partial charge is 0.166 e. The second-order valence-electron chi connectivity index (χ2n) is 8.60. The molecule has 0 unspecified atom stereocenters. The molecule has 2 aliphatic rings. The van der Waals surface area contributed by atoms with Crippen molar-refractivity contribution in [1.29, 1.82) is 5.26 Å². The van der Waals surface area contributed by atoms with E-state index in [4.69, 9.17) is 26.3 Å². The molecule has 1 fully saturated rings. The number of rotatable bonds is 3. The fourth-order valence-corrected chi connectivity index (χ4v) is 4.58.